The fraction of sp³-hybridized carbons (Fsp3) is 0.263. The largest absolute Gasteiger partial charge is 0.103 e. The van der Waals surface area contributed by atoms with Gasteiger partial charge in [-0.15, -0.1) is 13.2 Å². The van der Waals surface area contributed by atoms with Gasteiger partial charge in [-0.25, -0.2) is 0 Å². The van der Waals surface area contributed by atoms with Gasteiger partial charge in [0, 0.05) is 0 Å². The molecule has 194 valence electrons. The highest BCUT2D eigenvalue weighted by Gasteiger charge is 2.47. The molecular formula is C38H42. The van der Waals surface area contributed by atoms with Gasteiger partial charge in [-0.1, -0.05) is 131 Å². The molecule has 0 saturated heterocycles. The van der Waals surface area contributed by atoms with Crippen molar-refractivity contribution < 1.29 is 0 Å². The normalized spacial score (nSPS) is 14.1. The number of benzene rings is 3. The first-order valence-corrected chi connectivity index (χ1v) is 14.0. The van der Waals surface area contributed by atoms with E-state index in [1.165, 1.54) is 50.1 Å². The minimum atomic E-state index is -0.456. The molecule has 0 heteroatoms. The van der Waals surface area contributed by atoms with Crippen molar-refractivity contribution in [1.29, 1.82) is 0 Å². The molecule has 4 rings (SSSR count). The van der Waals surface area contributed by atoms with Gasteiger partial charge in [0.2, 0.25) is 0 Å². The van der Waals surface area contributed by atoms with Crippen molar-refractivity contribution in [2.24, 2.45) is 0 Å². The summed E-state index contributed by atoms with van der Waals surface area (Å²) in [5, 5.41) is 0. The standard InChI is InChI=1S/C38H42/c1-8-11-12-13-14-18-32(10-3)38(33-19-15-17-29(24-33)16-9-2)36-25-30(27(4)5)20-22-34(36)35-23-21-31(28(6)7)26-37(35)38/h8-10,13-15,17-28H,1-3,11-12,16H2,4-7H3/b14-13-,32-18+. The van der Waals surface area contributed by atoms with Crippen LogP contribution >= 0.6 is 0 Å². The van der Waals surface area contributed by atoms with Crippen LogP contribution in [-0.4, -0.2) is 0 Å². The number of fused-ring (bicyclic) bond motifs is 3. The molecule has 0 atom stereocenters. The lowest BCUT2D eigenvalue weighted by atomic mass is 9.66. The molecule has 3 aromatic carbocycles. The zero-order valence-corrected chi connectivity index (χ0v) is 23.6. The first-order chi connectivity index (χ1) is 18.4. The Balaban J connectivity index is 2.13. The number of hydrogen-bond acceptors (Lipinski definition) is 0. The fourth-order valence-corrected chi connectivity index (χ4v) is 5.79. The molecule has 0 spiro atoms. The van der Waals surface area contributed by atoms with E-state index in [0.717, 1.165) is 19.3 Å². The van der Waals surface area contributed by atoms with Crippen LogP contribution in [-0.2, 0) is 11.8 Å². The Kier molecular flexibility index (Phi) is 8.52. The quantitative estimate of drug-likeness (QED) is 0.140. The van der Waals surface area contributed by atoms with Crippen molar-refractivity contribution in [3.63, 3.8) is 0 Å². The van der Waals surface area contributed by atoms with E-state index in [2.05, 4.69) is 132 Å². The highest BCUT2D eigenvalue weighted by Crippen LogP contribution is 2.57. The van der Waals surface area contributed by atoms with E-state index >= 15 is 0 Å². The summed E-state index contributed by atoms with van der Waals surface area (Å²) in [6.07, 6.45) is 15.5. The molecule has 1 aliphatic rings. The van der Waals surface area contributed by atoms with Crippen molar-refractivity contribution in [3.8, 4) is 11.1 Å². The van der Waals surface area contributed by atoms with Gasteiger partial charge in [-0.3, -0.25) is 0 Å². The second-order valence-electron chi connectivity index (χ2n) is 11.0. The molecule has 0 aliphatic heterocycles. The van der Waals surface area contributed by atoms with E-state index < -0.39 is 5.41 Å². The van der Waals surface area contributed by atoms with Gasteiger partial charge in [0.25, 0.3) is 0 Å². The third-order valence-corrected chi connectivity index (χ3v) is 7.86. The van der Waals surface area contributed by atoms with E-state index in [0.29, 0.717) is 11.8 Å². The summed E-state index contributed by atoms with van der Waals surface area (Å²) in [7, 11) is 0. The van der Waals surface area contributed by atoms with Gasteiger partial charge < -0.3 is 0 Å². The molecular weight excluding hydrogens is 456 g/mol. The molecule has 0 amide bonds. The molecule has 0 radical (unpaired) electrons. The van der Waals surface area contributed by atoms with Crippen LogP contribution in [0.3, 0.4) is 0 Å². The Hall–Kier alpha value is -3.64. The number of unbranched alkanes of at least 4 members (excludes halogenated alkanes) is 1. The fourth-order valence-electron chi connectivity index (χ4n) is 5.79. The van der Waals surface area contributed by atoms with E-state index in [1.807, 2.05) is 12.2 Å². The summed E-state index contributed by atoms with van der Waals surface area (Å²) in [5.41, 5.74) is 11.3. The summed E-state index contributed by atoms with van der Waals surface area (Å²) >= 11 is 0. The minimum absolute atomic E-state index is 0.440. The molecule has 0 aromatic heterocycles. The molecule has 0 heterocycles. The lowest BCUT2D eigenvalue weighted by Crippen LogP contribution is -2.29. The van der Waals surface area contributed by atoms with Crippen molar-refractivity contribution in [1.82, 2.24) is 0 Å². The Morgan fingerprint density at radius 3 is 1.92 bits per heavy atom. The van der Waals surface area contributed by atoms with Gasteiger partial charge >= 0.3 is 0 Å². The van der Waals surface area contributed by atoms with Crippen LogP contribution in [0.5, 0.6) is 0 Å². The second-order valence-corrected chi connectivity index (χ2v) is 11.0. The Morgan fingerprint density at radius 2 is 1.39 bits per heavy atom. The molecule has 0 unspecified atom stereocenters. The SMILES string of the molecule is C=CCC/C=C\C=C(/C=C)C1(c2cccc(CC=C)c2)c2cc(C(C)C)ccc2-c2ccc(C(C)C)cc21. The summed E-state index contributed by atoms with van der Waals surface area (Å²) in [6.45, 7) is 21.4. The summed E-state index contributed by atoms with van der Waals surface area (Å²) in [4.78, 5) is 0. The summed E-state index contributed by atoms with van der Waals surface area (Å²) in [6, 6.07) is 23.3. The Bertz CT molecular complexity index is 1330. The van der Waals surface area contributed by atoms with Crippen LogP contribution in [0.1, 0.15) is 85.8 Å². The third-order valence-electron chi connectivity index (χ3n) is 7.86. The monoisotopic (exact) mass is 498 g/mol. The number of allylic oxidation sites excluding steroid dienone is 7. The summed E-state index contributed by atoms with van der Waals surface area (Å²) < 4.78 is 0. The Morgan fingerprint density at radius 1 is 0.763 bits per heavy atom. The van der Waals surface area contributed by atoms with Crippen molar-refractivity contribution >= 4 is 0 Å². The third kappa shape index (κ3) is 4.93. The average Bonchev–Trinajstić information content (AvgIpc) is 3.21. The zero-order valence-electron chi connectivity index (χ0n) is 23.6. The van der Waals surface area contributed by atoms with E-state index in [4.69, 9.17) is 0 Å². The molecule has 3 aromatic rings. The lowest BCUT2D eigenvalue weighted by Gasteiger charge is -2.35. The maximum absolute atomic E-state index is 4.38. The predicted molar refractivity (Wildman–Crippen MR) is 167 cm³/mol. The van der Waals surface area contributed by atoms with Crippen molar-refractivity contribution in [2.45, 2.75) is 64.2 Å². The molecule has 0 nitrogen and oxygen atoms in total. The van der Waals surface area contributed by atoms with Crippen LogP contribution in [0.15, 0.2) is 122 Å². The molecule has 0 saturated carbocycles. The summed E-state index contributed by atoms with van der Waals surface area (Å²) in [5.74, 6) is 0.880. The smallest absolute Gasteiger partial charge is 0.0713 e. The van der Waals surface area contributed by atoms with Crippen LogP contribution in [0, 0.1) is 0 Å². The highest BCUT2D eigenvalue weighted by atomic mass is 14.5. The Labute approximate surface area is 230 Å². The van der Waals surface area contributed by atoms with Crippen LogP contribution in [0.2, 0.25) is 0 Å². The highest BCUT2D eigenvalue weighted by molar-refractivity contribution is 5.87. The molecule has 38 heavy (non-hydrogen) atoms. The molecule has 0 bridgehead atoms. The van der Waals surface area contributed by atoms with Gasteiger partial charge in [-0.2, -0.15) is 0 Å². The molecule has 0 fully saturated rings. The molecule has 1 aliphatic carbocycles. The minimum Gasteiger partial charge on any atom is -0.103 e. The second kappa shape index (κ2) is 11.8. The number of rotatable bonds is 11. The van der Waals surface area contributed by atoms with Gasteiger partial charge in [0.05, 0.1) is 5.41 Å². The van der Waals surface area contributed by atoms with Crippen LogP contribution in [0.4, 0.5) is 0 Å². The average molecular weight is 499 g/mol. The van der Waals surface area contributed by atoms with Gasteiger partial charge in [0.15, 0.2) is 0 Å². The predicted octanol–water partition coefficient (Wildman–Crippen LogP) is 10.6. The first-order valence-electron chi connectivity index (χ1n) is 14.0. The van der Waals surface area contributed by atoms with Crippen molar-refractivity contribution in [2.75, 3.05) is 0 Å². The van der Waals surface area contributed by atoms with Gasteiger partial charge in [-0.05, 0) is 81.2 Å². The maximum Gasteiger partial charge on any atom is 0.0713 e. The van der Waals surface area contributed by atoms with Crippen LogP contribution in [0.25, 0.3) is 11.1 Å². The van der Waals surface area contributed by atoms with Crippen LogP contribution < -0.4 is 0 Å². The first kappa shape index (κ1) is 27.4. The number of hydrogen-bond donors (Lipinski definition) is 0. The maximum atomic E-state index is 4.38. The topological polar surface area (TPSA) is 0 Å². The zero-order chi connectivity index (χ0) is 27.3. The van der Waals surface area contributed by atoms with Gasteiger partial charge in [0.1, 0.15) is 0 Å². The molecule has 0 N–H and O–H groups in total. The van der Waals surface area contributed by atoms with E-state index in [-0.39, 0.29) is 0 Å². The van der Waals surface area contributed by atoms with Crippen molar-refractivity contribution in [3.05, 3.63) is 156 Å². The van der Waals surface area contributed by atoms with E-state index in [1.54, 1.807) is 0 Å². The lowest BCUT2D eigenvalue weighted by molar-refractivity contribution is 0.753. The van der Waals surface area contributed by atoms with E-state index in [9.17, 15) is 0 Å².